The summed E-state index contributed by atoms with van der Waals surface area (Å²) in [6.45, 7) is 6.09. The van der Waals surface area contributed by atoms with Crippen molar-refractivity contribution in [1.29, 1.82) is 0 Å². The van der Waals surface area contributed by atoms with E-state index >= 15 is 0 Å². The lowest BCUT2D eigenvalue weighted by Crippen LogP contribution is -2.41. The van der Waals surface area contributed by atoms with Gasteiger partial charge in [0.25, 0.3) is 0 Å². The van der Waals surface area contributed by atoms with Crippen LogP contribution in [0.1, 0.15) is 26.7 Å². The maximum Gasteiger partial charge on any atom is 0.222 e. The van der Waals surface area contributed by atoms with Crippen LogP contribution in [0.15, 0.2) is 0 Å². The molecular formula is C12H24N2O2. The zero-order valence-corrected chi connectivity index (χ0v) is 10.6. The van der Waals surface area contributed by atoms with Gasteiger partial charge in [0.2, 0.25) is 5.91 Å². The molecule has 4 heteroatoms. The van der Waals surface area contributed by atoms with Crippen LogP contribution < -0.4 is 10.6 Å². The summed E-state index contributed by atoms with van der Waals surface area (Å²) >= 11 is 0. The summed E-state index contributed by atoms with van der Waals surface area (Å²) in [6, 6.07) is 0.459. The second-order valence-corrected chi connectivity index (χ2v) is 4.80. The van der Waals surface area contributed by atoms with Crippen LogP contribution in [-0.2, 0) is 9.53 Å². The average molecular weight is 228 g/mol. The van der Waals surface area contributed by atoms with Crippen molar-refractivity contribution in [2.24, 2.45) is 11.8 Å². The molecule has 0 spiro atoms. The Bertz CT molecular complexity index is 215. The fourth-order valence-corrected chi connectivity index (χ4v) is 1.69. The predicted octanol–water partition coefficient (Wildman–Crippen LogP) is 0.773. The monoisotopic (exact) mass is 228 g/mol. The van der Waals surface area contributed by atoms with Crippen molar-refractivity contribution in [3.05, 3.63) is 0 Å². The van der Waals surface area contributed by atoms with Crippen molar-refractivity contribution in [3.8, 4) is 0 Å². The minimum absolute atomic E-state index is 0.0678. The van der Waals surface area contributed by atoms with Crippen LogP contribution in [0.2, 0.25) is 0 Å². The van der Waals surface area contributed by atoms with Crippen LogP contribution in [0.25, 0.3) is 0 Å². The first-order valence-electron chi connectivity index (χ1n) is 6.15. The van der Waals surface area contributed by atoms with Gasteiger partial charge >= 0.3 is 0 Å². The molecule has 0 aromatic carbocycles. The molecule has 1 unspecified atom stereocenters. The molecule has 1 fully saturated rings. The van der Waals surface area contributed by atoms with Crippen LogP contribution in [-0.4, -0.2) is 38.8 Å². The van der Waals surface area contributed by atoms with Crippen molar-refractivity contribution in [2.45, 2.75) is 32.7 Å². The highest BCUT2D eigenvalue weighted by Gasteiger charge is 2.30. The summed E-state index contributed by atoms with van der Waals surface area (Å²) in [5.74, 6) is 0.968. The van der Waals surface area contributed by atoms with E-state index in [-0.39, 0.29) is 11.8 Å². The summed E-state index contributed by atoms with van der Waals surface area (Å²) in [5.41, 5.74) is 0. The molecule has 1 amide bonds. The lowest BCUT2D eigenvalue weighted by Gasteiger charge is -2.17. The number of nitrogens with one attached hydrogen (secondary N) is 2. The molecule has 94 valence electrons. The Balaban J connectivity index is 2.06. The Morgan fingerprint density at radius 3 is 2.56 bits per heavy atom. The molecule has 16 heavy (non-hydrogen) atoms. The highest BCUT2D eigenvalue weighted by atomic mass is 16.5. The van der Waals surface area contributed by atoms with Crippen LogP contribution in [0.4, 0.5) is 0 Å². The van der Waals surface area contributed by atoms with Gasteiger partial charge in [-0.1, -0.05) is 13.8 Å². The molecule has 1 aliphatic carbocycles. The van der Waals surface area contributed by atoms with E-state index in [0.717, 1.165) is 19.1 Å². The van der Waals surface area contributed by atoms with Gasteiger partial charge in [-0.2, -0.15) is 0 Å². The van der Waals surface area contributed by atoms with Crippen LogP contribution in [0.3, 0.4) is 0 Å². The quantitative estimate of drug-likeness (QED) is 0.603. The first-order chi connectivity index (χ1) is 7.65. The number of ether oxygens (including phenoxy) is 1. The summed E-state index contributed by atoms with van der Waals surface area (Å²) in [4.78, 5) is 11.3. The molecule has 0 aromatic heterocycles. The number of amides is 1. The SMILES string of the molecule is COCC(NCCNC(=O)C(C)C)C1CC1. The molecule has 0 radical (unpaired) electrons. The predicted molar refractivity (Wildman–Crippen MR) is 64.2 cm³/mol. The topological polar surface area (TPSA) is 50.4 Å². The number of hydrogen-bond donors (Lipinski definition) is 2. The van der Waals surface area contributed by atoms with Crippen molar-refractivity contribution in [2.75, 3.05) is 26.8 Å². The standard InChI is InChI=1S/C12H24N2O2/c1-9(2)12(15)14-7-6-13-11(8-16-3)10-4-5-10/h9-11,13H,4-8H2,1-3H3,(H,14,15). The van der Waals surface area contributed by atoms with Gasteiger partial charge in [-0.15, -0.1) is 0 Å². The molecule has 0 bridgehead atoms. The Kier molecular flexibility index (Phi) is 5.77. The Morgan fingerprint density at radius 2 is 2.06 bits per heavy atom. The Labute approximate surface area is 98.1 Å². The van der Waals surface area contributed by atoms with E-state index in [2.05, 4.69) is 10.6 Å². The van der Waals surface area contributed by atoms with E-state index < -0.39 is 0 Å². The molecule has 0 aliphatic heterocycles. The molecule has 1 aliphatic rings. The smallest absolute Gasteiger partial charge is 0.222 e. The first-order valence-corrected chi connectivity index (χ1v) is 6.15. The van der Waals surface area contributed by atoms with Crippen molar-refractivity contribution in [3.63, 3.8) is 0 Å². The summed E-state index contributed by atoms with van der Waals surface area (Å²) < 4.78 is 5.17. The van der Waals surface area contributed by atoms with E-state index in [1.165, 1.54) is 12.8 Å². The molecule has 2 N–H and O–H groups in total. The minimum Gasteiger partial charge on any atom is -0.383 e. The highest BCUT2D eigenvalue weighted by molar-refractivity contribution is 5.77. The zero-order valence-electron chi connectivity index (χ0n) is 10.6. The van der Waals surface area contributed by atoms with Crippen LogP contribution in [0.5, 0.6) is 0 Å². The number of methoxy groups -OCH3 is 1. The molecule has 1 saturated carbocycles. The van der Waals surface area contributed by atoms with E-state index in [1.807, 2.05) is 13.8 Å². The maximum atomic E-state index is 11.3. The van der Waals surface area contributed by atoms with Gasteiger partial charge in [0.05, 0.1) is 6.61 Å². The van der Waals surface area contributed by atoms with Crippen molar-refractivity contribution >= 4 is 5.91 Å². The summed E-state index contributed by atoms with van der Waals surface area (Å²) in [7, 11) is 1.73. The third kappa shape index (κ3) is 4.94. The highest BCUT2D eigenvalue weighted by Crippen LogP contribution is 2.32. The molecule has 1 rings (SSSR count). The van der Waals surface area contributed by atoms with E-state index in [9.17, 15) is 4.79 Å². The molecule has 0 heterocycles. The molecule has 1 atom stereocenters. The normalized spacial score (nSPS) is 17.5. The Hall–Kier alpha value is -0.610. The lowest BCUT2D eigenvalue weighted by molar-refractivity contribution is -0.123. The van der Waals surface area contributed by atoms with Gasteiger partial charge in [-0.05, 0) is 18.8 Å². The van der Waals surface area contributed by atoms with Crippen molar-refractivity contribution < 1.29 is 9.53 Å². The zero-order chi connectivity index (χ0) is 12.0. The van der Waals surface area contributed by atoms with E-state index in [1.54, 1.807) is 7.11 Å². The minimum atomic E-state index is 0.0678. The number of rotatable bonds is 8. The summed E-state index contributed by atoms with van der Waals surface area (Å²) in [5, 5.41) is 6.33. The fourth-order valence-electron chi connectivity index (χ4n) is 1.69. The van der Waals surface area contributed by atoms with Gasteiger partial charge in [-0.3, -0.25) is 4.79 Å². The summed E-state index contributed by atoms with van der Waals surface area (Å²) in [6.07, 6.45) is 2.61. The maximum absolute atomic E-state index is 11.3. The molecule has 0 aromatic rings. The van der Waals surface area contributed by atoms with E-state index in [0.29, 0.717) is 12.6 Å². The average Bonchev–Trinajstić information content (AvgIpc) is 3.05. The van der Waals surface area contributed by atoms with Gasteiger partial charge in [0, 0.05) is 32.2 Å². The second-order valence-electron chi connectivity index (χ2n) is 4.80. The third-order valence-corrected chi connectivity index (χ3v) is 2.89. The number of hydrogen-bond acceptors (Lipinski definition) is 3. The van der Waals surface area contributed by atoms with Gasteiger partial charge in [0.1, 0.15) is 0 Å². The largest absolute Gasteiger partial charge is 0.383 e. The molecular weight excluding hydrogens is 204 g/mol. The van der Waals surface area contributed by atoms with Crippen LogP contribution >= 0.6 is 0 Å². The number of carbonyl (C=O) groups is 1. The van der Waals surface area contributed by atoms with Crippen LogP contribution in [0, 0.1) is 11.8 Å². The first kappa shape index (κ1) is 13.5. The molecule has 4 nitrogen and oxygen atoms in total. The van der Waals surface area contributed by atoms with E-state index in [4.69, 9.17) is 4.74 Å². The lowest BCUT2D eigenvalue weighted by atomic mass is 10.2. The van der Waals surface area contributed by atoms with Crippen molar-refractivity contribution in [1.82, 2.24) is 10.6 Å². The third-order valence-electron chi connectivity index (χ3n) is 2.89. The number of carbonyl (C=O) groups excluding carboxylic acids is 1. The van der Waals surface area contributed by atoms with Gasteiger partial charge in [-0.25, -0.2) is 0 Å². The second kappa shape index (κ2) is 6.86. The molecule has 0 saturated heterocycles. The van der Waals surface area contributed by atoms with Gasteiger partial charge in [0.15, 0.2) is 0 Å². The fraction of sp³-hybridized carbons (Fsp3) is 0.917. The van der Waals surface area contributed by atoms with Gasteiger partial charge < -0.3 is 15.4 Å². The Morgan fingerprint density at radius 1 is 1.38 bits per heavy atom.